The van der Waals surface area contributed by atoms with E-state index in [-0.39, 0.29) is 5.89 Å². The van der Waals surface area contributed by atoms with Crippen molar-refractivity contribution in [3.05, 3.63) is 41.0 Å². The molecule has 5 nitrogen and oxygen atoms in total. The number of hydrogen-bond acceptors (Lipinski definition) is 4. The number of anilines is 1. The SMILES string of the molecule is Cc1noc(C(=O)Nc2ccccc2Cl)n1. The van der Waals surface area contributed by atoms with Gasteiger partial charge in [-0.05, 0) is 19.1 Å². The second kappa shape index (κ2) is 4.32. The third-order valence-corrected chi connectivity index (χ3v) is 2.17. The summed E-state index contributed by atoms with van der Waals surface area (Å²) >= 11 is 5.88. The molecule has 1 aromatic carbocycles. The van der Waals surface area contributed by atoms with Crippen molar-refractivity contribution in [2.24, 2.45) is 0 Å². The van der Waals surface area contributed by atoms with Crippen LogP contribution in [0.2, 0.25) is 5.02 Å². The zero-order chi connectivity index (χ0) is 11.5. The van der Waals surface area contributed by atoms with Crippen molar-refractivity contribution in [2.45, 2.75) is 6.92 Å². The predicted octanol–water partition coefficient (Wildman–Crippen LogP) is 2.28. The van der Waals surface area contributed by atoms with Crippen molar-refractivity contribution in [1.82, 2.24) is 10.1 Å². The van der Waals surface area contributed by atoms with Gasteiger partial charge < -0.3 is 9.84 Å². The quantitative estimate of drug-likeness (QED) is 0.870. The highest BCUT2D eigenvalue weighted by atomic mass is 35.5. The molecule has 2 aromatic rings. The number of hydrogen-bond donors (Lipinski definition) is 1. The zero-order valence-corrected chi connectivity index (χ0v) is 9.15. The first-order chi connectivity index (χ1) is 7.66. The second-order valence-electron chi connectivity index (χ2n) is 3.08. The van der Waals surface area contributed by atoms with Crippen LogP contribution in [0.5, 0.6) is 0 Å². The van der Waals surface area contributed by atoms with Gasteiger partial charge in [-0.25, -0.2) is 0 Å². The topological polar surface area (TPSA) is 68.0 Å². The van der Waals surface area contributed by atoms with Crippen LogP contribution < -0.4 is 5.32 Å². The van der Waals surface area contributed by atoms with Gasteiger partial charge in [0.25, 0.3) is 0 Å². The molecule has 16 heavy (non-hydrogen) atoms. The molecule has 6 heteroatoms. The molecule has 1 N–H and O–H groups in total. The van der Waals surface area contributed by atoms with Crippen LogP contribution in [0.3, 0.4) is 0 Å². The first kappa shape index (κ1) is 10.6. The van der Waals surface area contributed by atoms with E-state index in [0.717, 1.165) is 0 Å². The molecule has 0 spiro atoms. The molecule has 0 unspecified atom stereocenters. The van der Waals surface area contributed by atoms with Gasteiger partial charge in [0.05, 0.1) is 10.7 Å². The molecule has 82 valence electrons. The zero-order valence-electron chi connectivity index (χ0n) is 8.40. The van der Waals surface area contributed by atoms with E-state index in [9.17, 15) is 4.79 Å². The number of aryl methyl sites for hydroxylation is 1. The Morgan fingerprint density at radius 1 is 1.44 bits per heavy atom. The molecule has 0 aliphatic heterocycles. The van der Waals surface area contributed by atoms with Crippen LogP contribution in [0.1, 0.15) is 16.5 Å². The van der Waals surface area contributed by atoms with E-state index in [1.165, 1.54) is 0 Å². The number of nitrogens with zero attached hydrogens (tertiary/aromatic N) is 2. The highest BCUT2D eigenvalue weighted by Crippen LogP contribution is 2.20. The van der Waals surface area contributed by atoms with Crippen LogP contribution in [0, 0.1) is 6.92 Å². The first-order valence-corrected chi connectivity index (χ1v) is 4.91. The van der Waals surface area contributed by atoms with Gasteiger partial charge in [-0.2, -0.15) is 4.98 Å². The lowest BCUT2D eigenvalue weighted by Gasteiger charge is -2.03. The van der Waals surface area contributed by atoms with E-state index < -0.39 is 5.91 Å². The number of carbonyl (C=O) groups excluding carboxylic acids is 1. The average molecular weight is 238 g/mol. The summed E-state index contributed by atoms with van der Waals surface area (Å²) in [4.78, 5) is 15.4. The summed E-state index contributed by atoms with van der Waals surface area (Å²) in [5.74, 6) is -0.157. The Morgan fingerprint density at radius 2 is 2.19 bits per heavy atom. The predicted molar refractivity (Wildman–Crippen MR) is 58.4 cm³/mol. The maximum Gasteiger partial charge on any atom is 0.316 e. The summed E-state index contributed by atoms with van der Waals surface area (Å²) in [7, 11) is 0. The maximum atomic E-state index is 11.6. The minimum absolute atomic E-state index is 0.0857. The molecule has 0 radical (unpaired) electrons. The lowest BCUT2D eigenvalue weighted by atomic mass is 10.3. The Hall–Kier alpha value is -1.88. The minimum atomic E-state index is -0.478. The van der Waals surface area contributed by atoms with Gasteiger partial charge in [0.2, 0.25) is 0 Å². The van der Waals surface area contributed by atoms with E-state index >= 15 is 0 Å². The molecular weight excluding hydrogens is 230 g/mol. The monoisotopic (exact) mass is 237 g/mol. The molecule has 0 atom stereocenters. The number of rotatable bonds is 2. The standard InChI is InChI=1S/C10H8ClN3O2/c1-6-12-10(16-14-6)9(15)13-8-5-3-2-4-7(8)11/h2-5H,1H3,(H,13,15). The Kier molecular flexibility index (Phi) is 2.87. The molecule has 0 saturated carbocycles. The molecule has 0 bridgehead atoms. The van der Waals surface area contributed by atoms with Crippen LogP contribution in [0.4, 0.5) is 5.69 Å². The normalized spacial score (nSPS) is 10.1. The van der Waals surface area contributed by atoms with Gasteiger partial charge in [0.1, 0.15) is 0 Å². The average Bonchev–Trinajstić information content (AvgIpc) is 2.68. The minimum Gasteiger partial charge on any atom is -0.329 e. The highest BCUT2D eigenvalue weighted by molar-refractivity contribution is 6.33. The van der Waals surface area contributed by atoms with Crippen LogP contribution in [0.25, 0.3) is 0 Å². The Bertz CT molecular complexity index is 524. The van der Waals surface area contributed by atoms with Gasteiger partial charge in [0, 0.05) is 0 Å². The van der Waals surface area contributed by atoms with Crippen LogP contribution in [0.15, 0.2) is 28.8 Å². The fraction of sp³-hybridized carbons (Fsp3) is 0.100. The van der Waals surface area contributed by atoms with E-state index in [0.29, 0.717) is 16.5 Å². The van der Waals surface area contributed by atoms with E-state index in [4.69, 9.17) is 16.1 Å². The van der Waals surface area contributed by atoms with E-state index in [2.05, 4.69) is 15.5 Å². The fourth-order valence-corrected chi connectivity index (χ4v) is 1.31. The summed E-state index contributed by atoms with van der Waals surface area (Å²) in [6.45, 7) is 1.63. The van der Waals surface area contributed by atoms with Crippen molar-refractivity contribution < 1.29 is 9.32 Å². The third-order valence-electron chi connectivity index (χ3n) is 1.84. The summed E-state index contributed by atoms with van der Waals surface area (Å²) in [5, 5.41) is 6.55. The lowest BCUT2D eigenvalue weighted by molar-refractivity contribution is 0.0981. The summed E-state index contributed by atoms with van der Waals surface area (Å²) in [6, 6.07) is 6.90. The van der Waals surface area contributed by atoms with Gasteiger partial charge in [-0.15, -0.1) is 0 Å². The molecule has 1 aromatic heterocycles. The largest absolute Gasteiger partial charge is 0.329 e. The Balaban J connectivity index is 2.17. The van der Waals surface area contributed by atoms with Gasteiger partial charge in [-0.3, -0.25) is 4.79 Å². The van der Waals surface area contributed by atoms with Gasteiger partial charge >= 0.3 is 11.8 Å². The van der Waals surface area contributed by atoms with Crippen LogP contribution >= 0.6 is 11.6 Å². The number of carbonyl (C=O) groups is 1. The Labute approximate surface area is 96.4 Å². The number of aromatic nitrogens is 2. The molecule has 0 aliphatic carbocycles. The van der Waals surface area contributed by atoms with Crippen LogP contribution in [-0.2, 0) is 0 Å². The fourth-order valence-electron chi connectivity index (χ4n) is 1.13. The number of nitrogens with one attached hydrogen (secondary N) is 1. The van der Waals surface area contributed by atoms with Gasteiger partial charge in [0.15, 0.2) is 5.82 Å². The molecule has 0 saturated heterocycles. The summed E-state index contributed by atoms with van der Waals surface area (Å²) in [5.41, 5.74) is 0.505. The number of benzene rings is 1. The number of para-hydroxylation sites is 1. The smallest absolute Gasteiger partial charge is 0.316 e. The summed E-state index contributed by atoms with van der Waals surface area (Å²) in [6.07, 6.45) is 0. The highest BCUT2D eigenvalue weighted by Gasteiger charge is 2.14. The Morgan fingerprint density at radius 3 is 2.81 bits per heavy atom. The maximum absolute atomic E-state index is 11.6. The third kappa shape index (κ3) is 2.20. The van der Waals surface area contributed by atoms with E-state index in [1.807, 2.05) is 0 Å². The van der Waals surface area contributed by atoms with Gasteiger partial charge in [-0.1, -0.05) is 28.9 Å². The number of halogens is 1. The first-order valence-electron chi connectivity index (χ1n) is 4.53. The van der Waals surface area contributed by atoms with E-state index in [1.54, 1.807) is 31.2 Å². The second-order valence-corrected chi connectivity index (χ2v) is 3.49. The molecule has 1 amide bonds. The van der Waals surface area contributed by atoms with Crippen molar-refractivity contribution in [2.75, 3.05) is 5.32 Å². The van der Waals surface area contributed by atoms with Crippen molar-refractivity contribution in [3.63, 3.8) is 0 Å². The van der Waals surface area contributed by atoms with Crippen molar-refractivity contribution >= 4 is 23.2 Å². The van der Waals surface area contributed by atoms with Crippen molar-refractivity contribution in [3.8, 4) is 0 Å². The van der Waals surface area contributed by atoms with Crippen LogP contribution in [-0.4, -0.2) is 16.0 Å². The van der Waals surface area contributed by atoms with Crippen molar-refractivity contribution in [1.29, 1.82) is 0 Å². The number of amides is 1. The molecule has 1 heterocycles. The molecule has 0 aliphatic rings. The molecular formula is C10H8ClN3O2. The molecule has 0 fully saturated rings. The summed E-state index contributed by atoms with van der Waals surface area (Å²) < 4.78 is 4.72. The lowest BCUT2D eigenvalue weighted by Crippen LogP contribution is -2.12. The molecule has 2 rings (SSSR count).